The number of H-pyrrole nitrogens is 1. The molecule has 0 unspecified atom stereocenters. The highest BCUT2D eigenvalue weighted by Crippen LogP contribution is 2.30. The van der Waals surface area contributed by atoms with Crippen molar-refractivity contribution < 1.29 is 4.74 Å². The summed E-state index contributed by atoms with van der Waals surface area (Å²) in [5, 5.41) is 9.86. The van der Waals surface area contributed by atoms with Crippen LogP contribution in [0.1, 0.15) is 5.56 Å². The molecule has 90 valence electrons. The third kappa shape index (κ3) is 2.85. The molecule has 4 heteroatoms. The molecule has 1 aromatic heterocycles. The van der Waals surface area contributed by atoms with Crippen LogP contribution in [0.15, 0.2) is 30.6 Å². The molecule has 1 heterocycles. The predicted molar refractivity (Wildman–Crippen MR) is 68.2 cm³/mol. The molecule has 0 saturated carbocycles. The van der Waals surface area contributed by atoms with Gasteiger partial charge in [0.25, 0.3) is 0 Å². The van der Waals surface area contributed by atoms with Gasteiger partial charge in [0.1, 0.15) is 12.4 Å². The fourth-order valence-corrected chi connectivity index (χ4v) is 1.66. The number of aryl methyl sites for hydroxylation is 1. The second-order valence-electron chi connectivity index (χ2n) is 3.94. The van der Waals surface area contributed by atoms with Crippen LogP contribution in [0.3, 0.4) is 0 Å². The fraction of sp³-hybridized carbons (Fsp3) is 0.308. The van der Waals surface area contributed by atoms with E-state index >= 15 is 0 Å². The lowest BCUT2D eigenvalue weighted by Crippen LogP contribution is -2.16. The van der Waals surface area contributed by atoms with E-state index in [4.69, 9.17) is 4.74 Å². The minimum Gasteiger partial charge on any atom is -0.492 e. The van der Waals surface area contributed by atoms with E-state index in [-0.39, 0.29) is 0 Å². The molecule has 17 heavy (non-hydrogen) atoms. The Morgan fingerprint density at radius 2 is 2.29 bits per heavy atom. The van der Waals surface area contributed by atoms with Crippen LogP contribution in [0, 0.1) is 6.92 Å². The first-order valence-corrected chi connectivity index (χ1v) is 5.68. The standard InChI is InChI=1S/C13H17N3O/c1-10-3-4-13(17-6-5-14-2)12(7-10)11-8-15-16-9-11/h3-4,7-9,14H,5-6H2,1-2H3,(H,15,16). The van der Waals surface area contributed by atoms with Gasteiger partial charge in [0.2, 0.25) is 0 Å². The second kappa shape index (κ2) is 5.50. The molecule has 0 radical (unpaired) electrons. The minimum absolute atomic E-state index is 0.657. The lowest BCUT2D eigenvalue weighted by Gasteiger charge is -2.11. The smallest absolute Gasteiger partial charge is 0.127 e. The number of likely N-dealkylation sites (N-methyl/N-ethyl adjacent to an activating group) is 1. The topological polar surface area (TPSA) is 49.9 Å². The quantitative estimate of drug-likeness (QED) is 0.774. The number of nitrogens with zero attached hydrogens (tertiary/aromatic N) is 1. The van der Waals surface area contributed by atoms with Crippen molar-refractivity contribution in [2.75, 3.05) is 20.2 Å². The van der Waals surface area contributed by atoms with Gasteiger partial charge in [-0.3, -0.25) is 5.10 Å². The van der Waals surface area contributed by atoms with E-state index in [0.717, 1.165) is 23.4 Å². The van der Waals surface area contributed by atoms with Gasteiger partial charge in [0, 0.05) is 23.9 Å². The van der Waals surface area contributed by atoms with Gasteiger partial charge in [-0.15, -0.1) is 0 Å². The van der Waals surface area contributed by atoms with Crippen molar-refractivity contribution in [2.24, 2.45) is 0 Å². The van der Waals surface area contributed by atoms with Crippen molar-refractivity contribution in [3.63, 3.8) is 0 Å². The van der Waals surface area contributed by atoms with Crippen molar-refractivity contribution in [1.82, 2.24) is 15.5 Å². The average molecular weight is 231 g/mol. The molecule has 0 atom stereocenters. The zero-order chi connectivity index (χ0) is 12.1. The number of hydrogen-bond donors (Lipinski definition) is 2. The Morgan fingerprint density at radius 3 is 3.00 bits per heavy atom. The molecule has 0 bridgehead atoms. The molecule has 2 N–H and O–H groups in total. The first-order valence-electron chi connectivity index (χ1n) is 5.68. The van der Waals surface area contributed by atoms with Crippen LogP contribution in [0.2, 0.25) is 0 Å². The van der Waals surface area contributed by atoms with E-state index in [1.54, 1.807) is 6.20 Å². The van der Waals surface area contributed by atoms with E-state index < -0.39 is 0 Å². The number of aromatic amines is 1. The number of ether oxygens (including phenoxy) is 1. The van der Waals surface area contributed by atoms with Gasteiger partial charge in [-0.25, -0.2) is 0 Å². The number of nitrogens with one attached hydrogen (secondary N) is 2. The lowest BCUT2D eigenvalue weighted by atomic mass is 10.1. The first kappa shape index (κ1) is 11.7. The molecule has 2 aromatic rings. The van der Waals surface area contributed by atoms with E-state index in [1.807, 2.05) is 19.3 Å². The SMILES string of the molecule is CNCCOc1ccc(C)cc1-c1cn[nH]c1. The first-order chi connectivity index (χ1) is 8.31. The second-order valence-corrected chi connectivity index (χ2v) is 3.94. The van der Waals surface area contributed by atoms with Crippen molar-refractivity contribution >= 4 is 0 Å². The summed E-state index contributed by atoms with van der Waals surface area (Å²) in [6.45, 7) is 3.56. The number of aromatic nitrogens is 2. The molecule has 0 fully saturated rings. The molecule has 4 nitrogen and oxygen atoms in total. The van der Waals surface area contributed by atoms with Crippen molar-refractivity contribution in [3.8, 4) is 16.9 Å². The molecular formula is C13H17N3O. The molecule has 0 spiro atoms. The minimum atomic E-state index is 0.657. The molecule has 0 aliphatic heterocycles. The maximum Gasteiger partial charge on any atom is 0.127 e. The highest BCUT2D eigenvalue weighted by atomic mass is 16.5. The number of hydrogen-bond acceptors (Lipinski definition) is 3. The third-order valence-electron chi connectivity index (χ3n) is 2.55. The van der Waals surface area contributed by atoms with Crippen molar-refractivity contribution in [2.45, 2.75) is 6.92 Å². The summed E-state index contributed by atoms with van der Waals surface area (Å²) in [5.74, 6) is 0.896. The van der Waals surface area contributed by atoms with Crippen LogP contribution < -0.4 is 10.1 Å². The Labute approximate surface area is 101 Å². The zero-order valence-electron chi connectivity index (χ0n) is 10.2. The Morgan fingerprint density at radius 1 is 1.41 bits per heavy atom. The summed E-state index contributed by atoms with van der Waals surface area (Å²) in [7, 11) is 1.91. The molecular weight excluding hydrogens is 214 g/mol. The molecule has 0 aliphatic rings. The summed E-state index contributed by atoms with van der Waals surface area (Å²) in [5.41, 5.74) is 3.34. The highest BCUT2D eigenvalue weighted by molar-refractivity contribution is 5.69. The van der Waals surface area contributed by atoms with E-state index in [2.05, 4.69) is 34.6 Å². The summed E-state index contributed by atoms with van der Waals surface area (Å²) < 4.78 is 5.75. The summed E-state index contributed by atoms with van der Waals surface area (Å²) in [6.07, 6.45) is 3.68. The zero-order valence-corrected chi connectivity index (χ0v) is 10.2. The van der Waals surface area contributed by atoms with E-state index in [9.17, 15) is 0 Å². The fourth-order valence-electron chi connectivity index (χ4n) is 1.66. The van der Waals surface area contributed by atoms with Gasteiger partial charge in [-0.1, -0.05) is 11.6 Å². The predicted octanol–water partition coefficient (Wildman–Crippen LogP) is 1.98. The molecule has 0 saturated heterocycles. The van der Waals surface area contributed by atoms with Gasteiger partial charge >= 0.3 is 0 Å². The molecule has 1 aromatic carbocycles. The van der Waals surface area contributed by atoms with Gasteiger partial charge < -0.3 is 10.1 Å². The van der Waals surface area contributed by atoms with Gasteiger partial charge in [-0.05, 0) is 26.1 Å². The number of rotatable bonds is 5. The van der Waals surface area contributed by atoms with Crippen molar-refractivity contribution in [1.29, 1.82) is 0 Å². The van der Waals surface area contributed by atoms with Crippen LogP contribution in [0.5, 0.6) is 5.75 Å². The van der Waals surface area contributed by atoms with Crippen LogP contribution >= 0.6 is 0 Å². The monoisotopic (exact) mass is 231 g/mol. The Kier molecular flexibility index (Phi) is 3.77. The largest absolute Gasteiger partial charge is 0.492 e. The Balaban J connectivity index is 2.25. The van der Waals surface area contributed by atoms with E-state index in [1.165, 1.54) is 5.56 Å². The van der Waals surface area contributed by atoms with Gasteiger partial charge in [0.15, 0.2) is 0 Å². The van der Waals surface area contributed by atoms with Crippen molar-refractivity contribution in [3.05, 3.63) is 36.2 Å². The van der Waals surface area contributed by atoms with Crippen LogP contribution in [-0.2, 0) is 0 Å². The van der Waals surface area contributed by atoms with Crippen LogP contribution in [0.4, 0.5) is 0 Å². The molecule has 0 amide bonds. The van der Waals surface area contributed by atoms with Crippen LogP contribution in [0.25, 0.3) is 11.1 Å². The molecule has 0 aliphatic carbocycles. The van der Waals surface area contributed by atoms with Crippen LogP contribution in [-0.4, -0.2) is 30.4 Å². The van der Waals surface area contributed by atoms with E-state index in [0.29, 0.717) is 6.61 Å². The summed E-state index contributed by atoms with van der Waals surface area (Å²) in [4.78, 5) is 0. The van der Waals surface area contributed by atoms with Gasteiger partial charge in [-0.2, -0.15) is 5.10 Å². The maximum absolute atomic E-state index is 5.75. The average Bonchev–Trinajstić information content (AvgIpc) is 2.85. The number of benzene rings is 1. The van der Waals surface area contributed by atoms with Gasteiger partial charge in [0.05, 0.1) is 6.20 Å². The summed E-state index contributed by atoms with van der Waals surface area (Å²) >= 11 is 0. The maximum atomic E-state index is 5.75. The lowest BCUT2D eigenvalue weighted by molar-refractivity contribution is 0.319. The Hall–Kier alpha value is -1.81. The Bertz CT molecular complexity index is 466. The third-order valence-corrected chi connectivity index (χ3v) is 2.55. The summed E-state index contributed by atoms with van der Waals surface area (Å²) in [6, 6.07) is 6.17. The molecule has 2 rings (SSSR count). The normalized spacial score (nSPS) is 10.5. The highest BCUT2D eigenvalue weighted by Gasteiger charge is 2.07.